The van der Waals surface area contributed by atoms with Gasteiger partial charge in [0.25, 0.3) is 0 Å². The number of piperazine rings is 1. The fraction of sp³-hybridized carbons (Fsp3) is 0.520. The minimum atomic E-state index is -0.168. The van der Waals surface area contributed by atoms with Crippen LogP contribution in [0.5, 0.6) is 0 Å². The van der Waals surface area contributed by atoms with Crippen molar-refractivity contribution in [1.29, 1.82) is 0 Å². The standard InChI is InChI=1S/C25H35FN6/c1-3-27-24(30-19-25(9-10-25)21-6-5-7-22(26)17-21)29-18-20-8-11-28-23(16-20)32-14-12-31(4-2)13-15-32/h5-8,11,16-17H,3-4,9-10,12-15,18-19H2,1-2H3,(H2,27,29,30). The molecule has 172 valence electrons. The third-order valence-corrected chi connectivity index (χ3v) is 6.60. The van der Waals surface area contributed by atoms with Crippen LogP contribution in [0.25, 0.3) is 0 Å². The number of aromatic nitrogens is 1. The molecule has 4 rings (SSSR count). The SMILES string of the molecule is CCNC(=NCc1ccnc(N2CCN(CC)CC2)c1)NCC1(c2cccc(F)c2)CC1. The van der Waals surface area contributed by atoms with Crippen molar-refractivity contribution < 1.29 is 4.39 Å². The second-order valence-corrected chi connectivity index (χ2v) is 8.78. The summed E-state index contributed by atoms with van der Waals surface area (Å²) in [6.07, 6.45) is 4.03. The van der Waals surface area contributed by atoms with Gasteiger partial charge in [0.1, 0.15) is 11.6 Å². The van der Waals surface area contributed by atoms with Crippen LogP contribution in [0.15, 0.2) is 47.6 Å². The summed E-state index contributed by atoms with van der Waals surface area (Å²) in [4.78, 5) is 14.2. The third kappa shape index (κ3) is 5.57. The number of hydrogen-bond acceptors (Lipinski definition) is 4. The van der Waals surface area contributed by atoms with Crippen LogP contribution in [-0.4, -0.2) is 61.7 Å². The highest BCUT2D eigenvalue weighted by atomic mass is 19.1. The van der Waals surface area contributed by atoms with Crippen molar-refractivity contribution in [3.05, 3.63) is 59.5 Å². The summed E-state index contributed by atoms with van der Waals surface area (Å²) in [5.41, 5.74) is 2.24. The first-order valence-corrected chi connectivity index (χ1v) is 11.8. The quantitative estimate of drug-likeness (QED) is 0.490. The zero-order chi connectivity index (χ0) is 22.4. The molecule has 1 aliphatic heterocycles. The van der Waals surface area contributed by atoms with E-state index in [4.69, 9.17) is 4.99 Å². The molecule has 0 amide bonds. The summed E-state index contributed by atoms with van der Waals surface area (Å²) < 4.78 is 13.7. The molecule has 1 aromatic carbocycles. The predicted octanol–water partition coefficient (Wildman–Crippen LogP) is 3.15. The average Bonchev–Trinajstić information content (AvgIpc) is 3.62. The molecule has 1 aromatic heterocycles. The second-order valence-electron chi connectivity index (χ2n) is 8.78. The minimum absolute atomic E-state index is 0.0166. The van der Waals surface area contributed by atoms with Crippen LogP contribution in [0.4, 0.5) is 10.2 Å². The van der Waals surface area contributed by atoms with E-state index < -0.39 is 0 Å². The van der Waals surface area contributed by atoms with E-state index in [0.29, 0.717) is 6.54 Å². The largest absolute Gasteiger partial charge is 0.357 e. The molecular formula is C25H35FN6. The van der Waals surface area contributed by atoms with Gasteiger partial charge in [-0.1, -0.05) is 19.1 Å². The van der Waals surface area contributed by atoms with E-state index in [2.05, 4.69) is 45.3 Å². The normalized spacial score (nSPS) is 18.5. The number of hydrogen-bond donors (Lipinski definition) is 2. The maximum atomic E-state index is 13.7. The minimum Gasteiger partial charge on any atom is -0.357 e. The molecule has 32 heavy (non-hydrogen) atoms. The zero-order valence-corrected chi connectivity index (χ0v) is 19.3. The van der Waals surface area contributed by atoms with Crippen molar-refractivity contribution in [2.45, 2.75) is 38.6 Å². The molecule has 0 unspecified atom stereocenters. The van der Waals surface area contributed by atoms with Gasteiger partial charge in [0.05, 0.1) is 6.54 Å². The van der Waals surface area contributed by atoms with Gasteiger partial charge in [-0.25, -0.2) is 14.4 Å². The molecule has 0 bridgehead atoms. The molecular weight excluding hydrogens is 403 g/mol. The Balaban J connectivity index is 1.37. The van der Waals surface area contributed by atoms with Crippen molar-refractivity contribution in [2.75, 3.05) is 50.7 Å². The summed E-state index contributed by atoms with van der Waals surface area (Å²) in [7, 11) is 0. The Labute approximate surface area is 190 Å². The topological polar surface area (TPSA) is 55.8 Å². The third-order valence-electron chi connectivity index (χ3n) is 6.60. The lowest BCUT2D eigenvalue weighted by Crippen LogP contribution is -2.46. The van der Waals surface area contributed by atoms with E-state index in [1.165, 1.54) is 6.07 Å². The maximum absolute atomic E-state index is 13.7. The Morgan fingerprint density at radius 1 is 1.09 bits per heavy atom. The van der Waals surface area contributed by atoms with Gasteiger partial charge < -0.3 is 20.4 Å². The van der Waals surface area contributed by atoms with Crippen LogP contribution < -0.4 is 15.5 Å². The molecule has 2 aromatic rings. The fourth-order valence-electron chi connectivity index (χ4n) is 4.33. The summed E-state index contributed by atoms with van der Waals surface area (Å²) in [6, 6.07) is 11.2. The number of guanidine groups is 1. The van der Waals surface area contributed by atoms with E-state index in [-0.39, 0.29) is 11.2 Å². The Morgan fingerprint density at radius 2 is 1.91 bits per heavy atom. The van der Waals surface area contributed by atoms with Crippen LogP contribution in [0.1, 0.15) is 37.8 Å². The number of aliphatic imine (C=N–C) groups is 1. The number of nitrogens with zero attached hydrogens (tertiary/aromatic N) is 4. The first-order valence-electron chi connectivity index (χ1n) is 11.8. The lowest BCUT2D eigenvalue weighted by molar-refractivity contribution is 0.270. The second kappa shape index (κ2) is 10.3. The van der Waals surface area contributed by atoms with E-state index in [9.17, 15) is 4.39 Å². The van der Waals surface area contributed by atoms with Gasteiger partial charge in [-0.05, 0) is 61.7 Å². The van der Waals surface area contributed by atoms with Gasteiger partial charge in [-0.15, -0.1) is 0 Å². The number of pyridine rings is 1. The van der Waals surface area contributed by atoms with Crippen LogP contribution in [0.3, 0.4) is 0 Å². The lowest BCUT2D eigenvalue weighted by Gasteiger charge is -2.34. The average molecular weight is 439 g/mol. The monoisotopic (exact) mass is 438 g/mol. The molecule has 1 saturated heterocycles. The van der Waals surface area contributed by atoms with Gasteiger partial charge in [0.15, 0.2) is 5.96 Å². The summed E-state index contributed by atoms with van der Waals surface area (Å²) in [5.74, 6) is 1.67. The van der Waals surface area contributed by atoms with Crippen molar-refractivity contribution in [3.8, 4) is 0 Å². The zero-order valence-electron chi connectivity index (χ0n) is 19.3. The Morgan fingerprint density at radius 3 is 2.59 bits per heavy atom. The van der Waals surface area contributed by atoms with Crippen LogP contribution in [-0.2, 0) is 12.0 Å². The Bertz CT molecular complexity index is 918. The molecule has 2 N–H and O–H groups in total. The van der Waals surface area contributed by atoms with E-state index in [1.54, 1.807) is 12.1 Å². The van der Waals surface area contributed by atoms with Crippen LogP contribution in [0.2, 0.25) is 0 Å². The Hall–Kier alpha value is -2.67. The van der Waals surface area contributed by atoms with Gasteiger partial charge >= 0.3 is 0 Å². The van der Waals surface area contributed by atoms with Crippen molar-refractivity contribution in [3.63, 3.8) is 0 Å². The van der Waals surface area contributed by atoms with E-state index in [0.717, 1.165) is 81.6 Å². The van der Waals surface area contributed by atoms with E-state index in [1.807, 2.05) is 18.3 Å². The summed E-state index contributed by atoms with van der Waals surface area (Å²) in [5, 5.41) is 6.82. The number of anilines is 1. The number of nitrogens with one attached hydrogen (secondary N) is 2. The van der Waals surface area contributed by atoms with Gasteiger partial charge in [-0.3, -0.25) is 0 Å². The first kappa shape index (κ1) is 22.5. The highest BCUT2D eigenvalue weighted by Crippen LogP contribution is 2.47. The van der Waals surface area contributed by atoms with Crippen LogP contribution >= 0.6 is 0 Å². The molecule has 0 spiro atoms. The van der Waals surface area contributed by atoms with Crippen molar-refractivity contribution in [1.82, 2.24) is 20.5 Å². The maximum Gasteiger partial charge on any atom is 0.191 e. The lowest BCUT2D eigenvalue weighted by atomic mass is 9.96. The molecule has 0 atom stereocenters. The summed E-state index contributed by atoms with van der Waals surface area (Å²) >= 11 is 0. The molecule has 2 fully saturated rings. The number of benzene rings is 1. The molecule has 2 aliphatic rings. The molecule has 2 heterocycles. The molecule has 7 heteroatoms. The Kier molecular flexibility index (Phi) is 7.25. The molecule has 0 radical (unpaired) electrons. The van der Waals surface area contributed by atoms with Crippen molar-refractivity contribution in [2.24, 2.45) is 4.99 Å². The first-order chi connectivity index (χ1) is 15.6. The van der Waals surface area contributed by atoms with Gasteiger partial charge in [-0.2, -0.15) is 0 Å². The van der Waals surface area contributed by atoms with Gasteiger partial charge in [0.2, 0.25) is 0 Å². The predicted molar refractivity (Wildman–Crippen MR) is 129 cm³/mol. The van der Waals surface area contributed by atoms with Crippen molar-refractivity contribution >= 4 is 11.8 Å². The number of likely N-dealkylation sites (N-methyl/N-ethyl adjacent to an activating group) is 1. The molecule has 1 aliphatic carbocycles. The highest BCUT2D eigenvalue weighted by molar-refractivity contribution is 5.80. The number of halogens is 1. The van der Waals surface area contributed by atoms with Gasteiger partial charge in [0, 0.05) is 50.9 Å². The van der Waals surface area contributed by atoms with E-state index >= 15 is 0 Å². The fourth-order valence-corrected chi connectivity index (χ4v) is 4.33. The van der Waals surface area contributed by atoms with Crippen LogP contribution in [0, 0.1) is 5.82 Å². The molecule has 6 nitrogen and oxygen atoms in total. The number of rotatable bonds is 8. The summed E-state index contributed by atoms with van der Waals surface area (Å²) in [6.45, 7) is 11.7. The highest BCUT2D eigenvalue weighted by Gasteiger charge is 2.44. The smallest absolute Gasteiger partial charge is 0.191 e. The molecule has 1 saturated carbocycles.